The van der Waals surface area contributed by atoms with Crippen LogP contribution >= 0.6 is 23.2 Å². The summed E-state index contributed by atoms with van der Waals surface area (Å²) in [5.74, 6) is 0. The molecule has 112 valence electrons. The van der Waals surface area contributed by atoms with Crippen LogP contribution < -0.4 is 10.5 Å². The van der Waals surface area contributed by atoms with Crippen LogP contribution in [0.1, 0.15) is 11.1 Å². The van der Waals surface area contributed by atoms with Crippen molar-refractivity contribution in [3.8, 4) is 0 Å². The number of benzene rings is 2. The molecule has 21 heavy (non-hydrogen) atoms. The van der Waals surface area contributed by atoms with Crippen LogP contribution in [0.25, 0.3) is 0 Å². The number of nitrogens with one attached hydrogen (secondary N) is 1. The summed E-state index contributed by atoms with van der Waals surface area (Å²) in [6.45, 7) is 3.64. The maximum Gasteiger partial charge on any atom is 0.262 e. The van der Waals surface area contributed by atoms with Crippen LogP contribution in [-0.4, -0.2) is 8.42 Å². The lowest BCUT2D eigenvalue weighted by molar-refractivity contribution is 0.601. The SMILES string of the molecule is Cc1cc(S(=O)(=O)Nc2cccc(Cl)c2Cl)cc(N)c1C. The summed E-state index contributed by atoms with van der Waals surface area (Å²) in [5.41, 5.74) is 8.13. The molecule has 2 aromatic rings. The van der Waals surface area contributed by atoms with Crippen LogP contribution in [0.2, 0.25) is 10.0 Å². The largest absolute Gasteiger partial charge is 0.398 e. The van der Waals surface area contributed by atoms with Crippen molar-refractivity contribution in [1.29, 1.82) is 0 Å². The van der Waals surface area contributed by atoms with Gasteiger partial charge in [0.1, 0.15) is 0 Å². The number of halogens is 2. The van der Waals surface area contributed by atoms with E-state index in [1.165, 1.54) is 12.1 Å². The molecule has 3 N–H and O–H groups in total. The quantitative estimate of drug-likeness (QED) is 0.826. The van der Waals surface area contributed by atoms with Crippen LogP contribution in [0.5, 0.6) is 0 Å². The second-order valence-electron chi connectivity index (χ2n) is 4.66. The third-order valence-corrected chi connectivity index (χ3v) is 5.35. The molecule has 0 aromatic heterocycles. The van der Waals surface area contributed by atoms with Gasteiger partial charge in [-0.25, -0.2) is 8.42 Å². The van der Waals surface area contributed by atoms with E-state index >= 15 is 0 Å². The third kappa shape index (κ3) is 3.26. The van der Waals surface area contributed by atoms with Gasteiger partial charge in [0.2, 0.25) is 0 Å². The van der Waals surface area contributed by atoms with E-state index < -0.39 is 10.0 Å². The van der Waals surface area contributed by atoms with Gasteiger partial charge < -0.3 is 5.73 Å². The first-order valence-electron chi connectivity index (χ1n) is 6.06. The minimum Gasteiger partial charge on any atom is -0.398 e. The predicted molar refractivity (Wildman–Crippen MR) is 87.6 cm³/mol. The first-order valence-corrected chi connectivity index (χ1v) is 8.30. The molecule has 0 aliphatic heterocycles. The Morgan fingerprint density at radius 3 is 2.43 bits per heavy atom. The van der Waals surface area contributed by atoms with E-state index in [0.29, 0.717) is 5.69 Å². The first-order chi connectivity index (χ1) is 9.72. The molecule has 0 spiro atoms. The van der Waals surface area contributed by atoms with Crippen molar-refractivity contribution < 1.29 is 8.42 Å². The second kappa shape index (κ2) is 5.75. The Hall–Kier alpha value is -1.43. The fraction of sp³-hybridized carbons (Fsp3) is 0.143. The number of sulfonamides is 1. The molecular weight excluding hydrogens is 331 g/mol. The Morgan fingerprint density at radius 1 is 1.14 bits per heavy atom. The lowest BCUT2D eigenvalue weighted by atomic mass is 10.1. The average molecular weight is 345 g/mol. The van der Waals surface area contributed by atoms with Gasteiger partial charge in [0.15, 0.2) is 0 Å². The van der Waals surface area contributed by atoms with Gasteiger partial charge in [-0.1, -0.05) is 29.3 Å². The minimum absolute atomic E-state index is 0.0825. The first kappa shape index (κ1) is 15.9. The van der Waals surface area contributed by atoms with Crippen LogP contribution in [0.4, 0.5) is 11.4 Å². The summed E-state index contributed by atoms with van der Waals surface area (Å²) in [6.07, 6.45) is 0. The fourth-order valence-electron chi connectivity index (χ4n) is 1.79. The maximum absolute atomic E-state index is 12.4. The number of hydrogen-bond donors (Lipinski definition) is 2. The van der Waals surface area contributed by atoms with Crippen LogP contribution in [-0.2, 0) is 10.0 Å². The number of nitrogens with two attached hydrogens (primary N) is 1. The smallest absolute Gasteiger partial charge is 0.262 e. The van der Waals surface area contributed by atoms with E-state index in [9.17, 15) is 8.42 Å². The summed E-state index contributed by atoms with van der Waals surface area (Å²) in [7, 11) is -3.79. The number of aryl methyl sites for hydroxylation is 1. The second-order valence-corrected chi connectivity index (χ2v) is 7.13. The van der Waals surface area contributed by atoms with Gasteiger partial charge in [0.05, 0.1) is 20.6 Å². The van der Waals surface area contributed by atoms with Crippen LogP contribution in [0.3, 0.4) is 0 Å². The van der Waals surface area contributed by atoms with E-state index in [0.717, 1.165) is 11.1 Å². The van der Waals surface area contributed by atoms with E-state index in [2.05, 4.69) is 4.72 Å². The number of hydrogen-bond acceptors (Lipinski definition) is 3. The molecule has 7 heteroatoms. The van der Waals surface area contributed by atoms with Gasteiger partial charge in [0.25, 0.3) is 10.0 Å². The lowest BCUT2D eigenvalue weighted by Crippen LogP contribution is -2.14. The van der Waals surface area contributed by atoms with E-state index in [1.807, 2.05) is 6.92 Å². The molecular formula is C14H14Cl2N2O2S. The zero-order valence-corrected chi connectivity index (χ0v) is 13.8. The molecule has 0 saturated heterocycles. The van der Waals surface area contributed by atoms with Crippen LogP contribution in [0, 0.1) is 13.8 Å². The monoisotopic (exact) mass is 344 g/mol. The molecule has 4 nitrogen and oxygen atoms in total. The van der Waals surface area contributed by atoms with Crippen molar-refractivity contribution >= 4 is 44.6 Å². The molecule has 0 unspecified atom stereocenters. The average Bonchev–Trinajstić information content (AvgIpc) is 2.40. The lowest BCUT2D eigenvalue weighted by Gasteiger charge is -2.13. The van der Waals surface area contributed by atoms with Gasteiger partial charge in [0, 0.05) is 5.69 Å². The zero-order valence-electron chi connectivity index (χ0n) is 11.4. The van der Waals surface area contributed by atoms with E-state index in [-0.39, 0.29) is 20.6 Å². The molecule has 0 fully saturated rings. The minimum atomic E-state index is -3.79. The maximum atomic E-state index is 12.4. The normalized spacial score (nSPS) is 11.4. The Kier molecular flexibility index (Phi) is 4.37. The van der Waals surface area contributed by atoms with Crippen molar-refractivity contribution in [1.82, 2.24) is 0 Å². The fourth-order valence-corrected chi connectivity index (χ4v) is 3.39. The van der Waals surface area contributed by atoms with Gasteiger partial charge in [-0.3, -0.25) is 4.72 Å². The zero-order chi connectivity index (χ0) is 15.8. The standard InChI is InChI=1S/C14H14Cl2N2O2S/c1-8-6-10(7-12(17)9(8)2)21(19,20)18-13-5-3-4-11(15)14(13)16/h3-7,18H,17H2,1-2H3. The summed E-state index contributed by atoms with van der Waals surface area (Å²) < 4.78 is 27.2. The van der Waals surface area contributed by atoms with Gasteiger partial charge in [-0.05, 0) is 49.2 Å². The summed E-state index contributed by atoms with van der Waals surface area (Å²) in [4.78, 5) is 0.0825. The van der Waals surface area contributed by atoms with Gasteiger partial charge in [-0.2, -0.15) is 0 Å². The molecule has 0 heterocycles. The molecule has 0 saturated carbocycles. The molecule has 0 amide bonds. The number of nitrogen functional groups attached to an aromatic ring is 1. The Morgan fingerprint density at radius 2 is 1.81 bits per heavy atom. The molecule has 0 radical (unpaired) electrons. The van der Waals surface area contributed by atoms with Gasteiger partial charge >= 0.3 is 0 Å². The van der Waals surface area contributed by atoms with Crippen LogP contribution in [0.15, 0.2) is 35.2 Å². The van der Waals surface area contributed by atoms with Crippen molar-refractivity contribution in [3.05, 3.63) is 51.5 Å². The van der Waals surface area contributed by atoms with E-state index in [1.54, 1.807) is 25.1 Å². The molecule has 2 rings (SSSR count). The van der Waals surface area contributed by atoms with Gasteiger partial charge in [-0.15, -0.1) is 0 Å². The summed E-state index contributed by atoms with van der Waals surface area (Å²) >= 11 is 11.9. The molecule has 2 aromatic carbocycles. The van der Waals surface area contributed by atoms with Crippen molar-refractivity contribution in [3.63, 3.8) is 0 Å². The molecule has 0 bridgehead atoms. The highest BCUT2D eigenvalue weighted by atomic mass is 35.5. The van der Waals surface area contributed by atoms with E-state index in [4.69, 9.17) is 28.9 Å². The highest BCUT2D eigenvalue weighted by molar-refractivity contribution is 7.92. The molecule has 0 aliphatic rings. The summed E-state index contributed by atoms with van der Waals surface area (Å²) in [6, 6.07) is 7.71. The van der Waals surface area contributed by atoms with Crippen molar-refractivity contribution in [2.75, 3.05) is 10.5 Å². The topological polar surface area (TPSA) is 72.2 Å². The Labute approximate surface area is 133 Å². The molecule has 0 aliphatic carbocycles. The highest BCUT2D eigenvalue weighted by Crippen LogP contribution is 2.31. The Bertz CT molecular complexity index is 782. The number of anilines is 2. The van der Waals surface area contributed by atoms with Crippen molar-refractivity contribution in [2.45, 2.75) is 18.7 Å². The summed E-state index contributed by atoms with van der Waals surface area (Å²) in [5, 5.41) is 0.427. The third-order valence-electron chi connectivity index (χ3n) is 3.19. The highest BCUT2D eigenvalue weighted by Gasteiger charge is 2.18. The Balaban J connectivity index is 2.46. The number of rotatable bonds is 3. The predicted octanol–water partition coefficient (Wildman–Crippen LogP) is 3.99. The van der Waals surface area contributed by atoms with Crippen molar-refractivity contribution in [2.24, 2.45) is 0 Å². The molecule has 0 atom stereocenters.